The molecule has 2 aromatic carbocycles. The zero-order chi connectivity index (χ0) is 13.8. The minimum Gasteiger partial charge on any atom is -0.407 e. The first kappa shape index (κ1) is 13.8. The van der Waals surface area contributed by atoms with Crippen LogP contribution in [0.3, 0.4) is 0 Å². The summed E-state index contributed by atoms with van der Waals surface area (Å²) in [5, 5.41) is 0. The number of hydrogen-bond acceptors (Lipinski definition) is 2. The van der Waals surface area contributed by atoms with E-state index in [-0.39, 0.29) is 8.69 Å². The Labute approximate surface area is 115 Å². The van der Waals surface area contributed by atoms with Gasteiger partial charge in [-0.25, -0.2) is 4.57 Å². The van der Waals surface area contributed by atoms with E-state index in [0.717, 1.165) is 12.0 Å². The lowest BCUT2D eigenvalue weighted by molar-refractivity contribution is 0.522. The standard InChI is InChI=1S/C16H17O2P/c1-11-8-12(2)15(13(3)9-11)10-14-6-4-5-7-16(14)18-19-17/h4-9H,10H2,1-3H3. The van der Waals surface area contributed by atoms with Crippen LogP contribution in [0.15, 0.2) is 36.4 Å². The van der Waals surface area contributed by atoms with Gasteiger partial charge in [-0.15, -0.1) is 0 Å². The summed E-state index contributed by atoms with van der Waals surface area (Å²) in [6, 6.07) is 12.1. The molecule has 0 atom stereocenters. The van der Waals surface area contributed by atoms with E-state index in [9.17, 15) is 4.57 Å². The highest BCUT2D eigenvalue weighted by Gasteiger charge is 2.09. The minimum atomic E-state index is -0.312. The summed E-state index contributed by atoms with van der Waals surface area (Å²) in [5.41, 5.74) is 6.21. The second-order valence-electron chi connectivity index (χ2n) is 4.83. The van der Waals surface area contributed by atoms with Crippen molar-refractivity contribution in [1.29, 1.82) is 0 Å². The second kappa shape index (κ2) is 5.99. The zero-order valence-electron chi connectivity index (χ0n) is 11.4. The summed E-state index contributed by atoms with van der Waals surface area (Å²) >= 11 is 0. The Morgan fingerprint density at radius 3 is 2.32 bits per heavy atom. The van der Waals surface area contributed by atoms with E-state index in [4.69, 9.17) is 4.52 Å². The van der Waals surface area contributed by atoms with Crippen LogP contribution in [0.5, 0.6) is 5.75 Å². The Kier molecular flexibility index (Phi) is 4.34. The number of hydrogen-bond donors (Lipinski definition) is 0. The topological polar surface area (TPSA) is 26.3 Å². The van der Waals surface area contributed by atoms with Gasteiger partial charge < -0.3 is 4.52 Å². The first-order valence-corrected chi connectivity index (χ1v) is 6.99. The maximum atomic E-state index is 10.6. The van der Waals surface area contributed by atoms with Crippen molar-refractivity contribution >= 4 is 8.69 Å². The third kappa shape index (κ3) is 3.21. The van der Waals surface area contributed by atoms with Gasteiger partial charge in [0.15, 0.2) is 0 Å². The van der Waals surface area contributed by atoms with Gasteiger partial charge in [0.2, 0.25) is 0 Å². The van der Waals surface area contributed by atoms with Gasteiger partial charge in [-0.3, -0.25) is 0 Å². The summed E-state index contributed by atoms with van der Waals surface area (Å²) in [4.78, 5) is 0. The van der Waals surface area contributed by atoms with Crippen LogP contribution >= 0.6 is 8.69 Å². The van der Waals surface area contributed by atoms with Gasteiger partial charge in [0, 0.05) is 6.42 Å². The lowest BCUT2D eigenvalue weighted by atomic mass is 9.94. The molecule has 0 saturated heterocycles. The van der Waals surface area contributed by atoms with Crippen LogP contribution in [0.25, 0.3) is 0 Å². The summed E-state index contributed by atoms with van der Waals surface area (Å²) < 4.78 is 15.8. The molecule has 0 aliphatic heterocycles. The quantitative estimate of drug-likeness (QED) is 0.748. The Bertz CT molecular complexity index is 582. The van der Waals surface area contributed by atoms with Crippen molar-refractivity contribution in [3.8, 4) is 5.75 Å². The normalized spacial score (nSPS) is 10.7. The largest absolute Gasteiger partial charge is 0.407 e. The maximum Gasteiger partial charge on any atom is 0.395 e. The van der Waals surface area contributed by atoms with E-state index >= 15 is 0 Å². The molecule has 2 nitrogen and oxygen atoms in total. The SMILES string of the molecule is Cc1cc(C)c(Cc2ccccc2OP=O)c(C)c1. The third-order valence-electron chi connectivity index (χ3n) is 3.32. The molecule has 0 radical (unpaired) electrons. The summed E-state index contributed by atoms with van der Waals surface area (Å²) in [6.07, 6.45) is 0.795. The molecule has 0 N–H and O–H groups in total. The van der Waals surface area contributed by atoms with Crippen molar-refractivity contribution in [2.24, 2.45) is 0 Å². The predicted molar refractivity (Wildman–Crippen MR) is 78.1 cm³/mol. The molecule has 19 heavy (non-hydrogen) atoms. The molecule has 0 fully saturated rings. The van der Waals surface area contributed by atoms with Gasteiger partial charge in [-0.1, -0.05) is 35.9 Å². The second-order valence-corrected chi connectivity index (χ2v) is 5.16. The van der Waals surface area contributed by atoms with E-state index in [1.165, 1.54) is 22.3 Å². The average molecular weight is 272 g/mol. The van der Waals surface area contributed by atoms with Crippen LogP contribution in [-0.4, -0.2) is 0 Å². The van der Waals surface area contributed by atoms with Crippen molar-refractivity contribution in [3.63, 3.8) is 0 Å². The van der Waals surface area contributed by atoms with Crippen LogP contribution in [-0.2, 0) is 11.0 Å². The van der Waals surface area contributed by atoms with Gasteiger partial charge in [0.25, 0.3) is 0 Å². The fourth-order valence-electron chi connectivity index (χ4n) is 2.46. The molecular formula is C16H17O2P. The molecule has 2 aromatic rings. The molecule has 0 amide bonds. The molecule has 0 unspecified atom stereocenters. The molecular weight excluding hydrogens is 255 g/mol. The van der Waals surface area contributed by atoms with Gasteiger partial charge in [0.1, 0.15) is 5.75 Å². The highest BCUT2D eigenvalue weighted by atomic mass is 31.1. The van der Waals surface area contributed by atoms with Crippen molar-refractivity contribution in [2.75, 3.05) is 0 Å². The molecule has 0 heterocycles. The monoisotopic (exact) mass is 272 g/mol. The smallest absolute Gasteiger partial charge is 0.395 e. The zero-order valence-corrected chi connectivity index (χ0v) is 12.3. The van der Waals surface area contributed by atoms with Crippen LogP contribution in [0.1, 0.15) is 27.8 Å². The first-order chi connectivity index (χ1) is 9.11. The summed E-state index contributed by atoms with van der Waals surface area (Å²) in [7, 11) is -0.312. The molecule has 0 aliphatic rings. The molecule has 0 bridgehead atoms. The van der Waals surface area contributed by atoms with Crippen molar-refractivity contribution in [3.05, 3.63) is 64.2 Å². The fraction of sp³-hybridized carbons (Fsp3) is 0.250. The Balaban J connectivity index is 2.39. The minimum absolute atomic E-state index is 0.312. The van der Waals surface area contributed by atoms with Crippen molar-refractivity contribution < 1.29 is 9.09 Å². The molecule has 0 saturated carbocycles. The Morgan fingerprint density at radius 2 is 1.68 bits per heavy atom. The summed E-state index contributed by atoms with van der Waals surface area (Å²) in [6.45, 7) is 6.37. The van der Waals surface area contributed by atoms with Crippen LogP contribution in [0.4, 0.5) is 0 Å². The van der Waals surface area contributed by atoms with Crippen LogP contribution in [0, 0.1) is 20.8 Å². The Hall–Kier alpha value is -1.66. The van der Waals surface area contributed by atoms with Gasteiger partial charge in [0.05, 0.1) is 0 Å². The number of benzene rings is 2. The Morgan fingerprint density at radius 1 is 1.05 bits per heavy atom. The van der Waals surface area contributed by atoms with Gasteiger partial charge >= 0.3 is 8.69 Å². The maximum absolute atomic E-state index is 10.6. The van der Waals surface area contributed by atoms with Crippen LogP contribution < -0.4 is 4.52 Å². The van der Waals surface area contributed by atoms with E-state index in [1.807, 2.05) is 24.3 Å². The molecule has 2 rings (SSSR count). The number of aryl methyl sites for hydroxylation is 3. The molecule has 98 valence electrons. The highest BCUT2D eigenvalue weighted by molar-refractivity contribution is 7.17. The highest BCUT2D eigenvalue weighted by Crippen LogP contribution is 2.27. The molecule has 0 spiro atoms. The van der Waals surface area contributed by atoms with Crippen molar-refractivity contribution in [1.82, 2.24) is 0 Å². The molecule has 3 heteroatoms. The third-order valence-corrected chi connectivity index (χ3v) is 3.59. The van der Waals surface area contributed by atoms with Crippen LogP contribution in [0.2, 0.25) is 0 Å². The lowest BCUT2D eigenvalue weighted by Crippen LogP contribution is -1.98. The lowest BCUT2D eigenvalue weighted by Gasteiger charge is -2.13. The van der Waals surface area contributed by atoms with Gasteiger partial charge in [-0.05, 0) is 49.1 Å². The van der Waals surface area contributed by atoms with Crippen molar-refractivity contribution in [2.45, 2.75) is 27.2 Å². The predicted octanol–water partition coefficient (Wildman–Crippen LogP) is 4.79. The van der Waals surface area contributed by atoms with E-state index in [2.05, 4.69) is 32.9 Å². The number of rotatable bonds is 4. The van der Waals surface area contributed by atoms with E-state index in [1.54, 1.807) is 0 Å². The average Bonchev–Trinajstić information content (AvgIpc) is 2.36. The van der Waals surface area contributed by atoms with E-state index < -0.39 is 0 Å². The summed E-state index contributed by atoms with van der Waals surface area (Å²) in [5.74, 6) is 0.679. The van der Waals surface area contributed by atoms with Gasteiger partial charge in [-0.2, -0.15) is 0 Å². The molecule has 0 aromatic heterocycles. The first-order valence-electron chi connectivity index (χ1n) is 6.26. The van der Waals surface area contributed by atoms with E-state index in [0.29, 0.717) is 5.75 Å². The fourth-order valence-corrected chi connectivity index (χ4v) is 2.72. The number of para-hydroxylation sites is 1. The molecule has 0 aliphatic carbocycles.